The molecule has 0 spiro atoms. The number of nitrogens with two attached hydrogens (primary N) is 1. The molecule has 130 valence electrons. The molecule has 2 aromatic rings. The third-order valence-corrected chi connectivity index (χ3v) is 3.05. The van der Waals surface area contributed by atoms with Gasteiger partial charge in [0.2, 0.25) is 0 Å². The fourth-order valence-electron chi connectivity index (χ4n) is 1.88. The van der Waals surface area contributed by atoms with Crippen molar-refractivity contribution in [3.8, 4) is 5.75 Å². The molecule has 2 rings (SSSR count). The van der Waals surface area contributed by atoms with Crippen LogP contribution in [0.3, 0.4) is 0 Å². The lowest BCUT2D eigenvalue weighted by atomic mass is 10.1. The van der Waals surface area contributed by atoms with Gasteiger partial charge in [-0.2, -0.15) is 13.2 Å². The van der Waals surface area contributed by atoms with Gasteiger partial charge in [0.15, 0.2) is 5.96 Å². The van der Waals surface area contributed by atoms with E-state index < -0.39 is 11.7 Å². The highest BCUT2D eigenvalue weighted by molar-refractivity contribution is 14.0. The summed E-state index contributed by atoms with van der Waals surface area (Å²) in [7, 11) is 1.56. The molecule has 0 bridgehead atoms. The van der Waals surface area contributed by atoms with Gasteiger partial charge in [0.25, 0.3) is 0 Å². The maximum atomic E-state index is 12.6. The predicted molar refractivity (Wildman–Crippen MR) is 98.8 cm³/mol. The molecule has 2 aromatic carbocycles. The van der Waals surface area contributed by atoms with Crippen LogP contribution in [0.15, 0.2) is 53.5 Å². The zero-order chi connectivity index (χ0) is 16.9. The molecule has 0 saturated carbocycles. The van der Waals surface area contributed by atoms with Gasteiger partial charge in [0.1, 0.15) is 5.75 Å². The first kappa shape index (κ1) is 20.1. The van der Waals surface area contributed by atoms with E-state index in [2.05, 4.69) is 10.3 Å². The molecule has 24 heavy (non-hydrogen) atoms. The smallest absolute Gasteiger partial charge is 0.416 e. The second-order valence-corrected chi connectivity index (χ2v) is 4.75. The number of methoxy groups -OCH3 is 1. The van der Waals surface area contributed by atoms with Gasteiger partial charge in [-0.1, -0.05) is 12.1 Å². The predicted octanol–water partition coefficient (Wildman–Crippen LogP) is 4.26. The minimum atomic E-state index is -4.37. The van der Waals surface area contributed by atoms with Crippen LogP contribution in [0.4, 0.5) is 18.9 Å². The molecule has 0 amide bonds. The quantitative estimate of drug-likeness (QED) is 0.415. The number of nitrogens with zero attached hydrogens (tertiary/aromatic N) is 1. The van der Waals surface area contributed by atoms with Crippen molar-refractivity contribution in [2.24, 2.45) is 10.7 Å². The summed E-state index contributed by atoms with van der Waals surface area (Å²) in [6.45, 7) is 0.0545. The molecule has 0 aliphatic rings. The number of guanidine groups is 1. The number of nitrogens with one attached hydrogen (secondary N) is 1. The molecule has 0 aliphatic heterocycles. The summed E-state index contributed by atoms with van der Waals surface area (Å²) < 4.78 is 42.9. The van der Waals surface area contributed by atoms with E-state index in [1.54, 1.807) is 37.4 Å². The normalized spacial score (nSPS) is 11.6. The molecule has 0 fully saturated rings. The Hall–Kier alpha value is -1.97. The van der Waals surface area contributed by atoms with Crippen molar-refractivity contribution in [2.45, 2.75) is 12.7 Å². The minimum Gasteiger partial charge on any atom is -0.497 e. The number of halogens is 4. The van der Waals surface area contributed by atoms with Gasteiger partial charge in [-0.05, 0) is 42.0 Å². The largest absolute Gasteiger partial charge is 0.497 e. The van der Waals surface area contributed by atoms with Crippen molar-refractivity contribution in [2.75, 3.05) is 12.4 Å². The molecule has 0 saturated heterocycles. The Labute approximate surface area is 154 Å². The second-order valence-electron chi connectivity index (χ2n) is 4.75. The Morgan fingerprint density at radius 1 is 1.17 bits per heavy atom. The number of aliphatic imine (C=N–C) groups is 1. The van der Waals surface area contributed by atoms with Crippen LogP contribution >= 0.6 is 24.0 Å². The van der Waals surface area contributed by atoms with Gasteiger partial charge >= 0.3 is 6.18 Å². The van der Waals surface area contributed by atoms with Crippen molar-refractivity contribution in [1.82, 2.24) is 0 Å². The van der Waals surface area contributed by atoms with Gasteiger partial charge in [-0.25, -0.2) is 4.99 Å². The van der Waals surface area contributed by atoms with Crippen LogP contribution in [-0.2, 0) is 12.7 Å². The van der Waals surface area contributed by atoms with E-state index in [0.717, 1.165) is 12.1 Å². The molecule has 3 N–H and O–H groups in total. The number of ether oxygens (including phenoxy) is 1. The molecule has 0 radical (unpaired) electrons. The van der Waals surface area contributed by atoms with Crippen LogP contribution < -0.4 is 15.8 Å². The summed E-state index contributed by atoms with van der Waals surface area (Å²) in [4.78, 5) is 4.04. The molecule has 0 heterocycles. The summed E-state index contributed by atoms with van der Waals surface area (Å²) >= 11 is 0. The average Bonchev–Trinajstić information content (AvgIpc) is 2.53. The number of anilines is 1. The summed E-state index contributed by atoms with van der Waals surface area (Å²) in [5.41, 5.74) is 6.17. The highest BCUT2D eigenvalue weighted by Crippen LogP contribution is 2.29. The van der Waals surface area contributed by atoms with E-state index in [9.17, 15) is 13.2 Å². The topological polar surface area (TPSA) is 59.6 Å². The molecule has 0 aliphatic carbocycles. The van der Waals surface area contributed by atoms with E-state index >= 15 is 0 Å². The number of benzene rings is 2. The number of hydrogen-bond donors (Lipinski definition) is 2. The van der Waals surface area contributed by atoms with E-state index in [-0.39, 0.29) is 36.5 Å². The lowest BCUT2D eigenvalue weighted by Gasteiger charge is -2.09. The summed E-state index contributed by atoms with van der Waals surface area (Å²) in [5, 5.41) is 2.86. The lowest BCUT2D eigenvalue weighted by molar-refractivity contribution is -0.137. The number of alkyl halides is 3. The Balaban J connectivity index is 0.00000288. The zero-order valence-corrected chi connectivity index (χ0v) is 15.1. The van der Waals surface area contributed by atoms with Gasteiger partial charge < -0.3 is 15.8 Å². The van der Waals surface area contributed by atoms with E-state index in [1.807, 2.05) is 0 Å². The van der Waals surface area contributed by atoms with Crippen LogP contribution in [0.2, 0.25) is 0 Å². The van der Waals surface area contributed by atoms with Gasteiger partial charge in [-0.3, -0.25) is 0 Å². The van der Waals surface area contributed by atoms with E-state index in [0.29, 0.717) is 17.0 Å². The first-order valence-corrected chi connectivity index (χ1v) is 6.75. The monoisotopic (exact) mass is 451 g/mol. The third kappa shape index (κ3) is 5.91. The van der Waals surface area contributed by atoms with Crippen molar-refractivity contribution in [3.63, 3.8) is 0 Å². The van der Waals surface area contributed by atoms with E-state index in [4.69, 9.17) is 10.5 Å². The first-order valence-electron chi connectivity index (χ1n) is 6.75. The molecule has 0 atom stereocenters. The SMILES string of the molecule is COc1ccc(NC(N)=NCc2cccc(C(F)(F)F)c2)cc1.I. The molecule has 8 heteroatoms. The van der Waals surface area contributed by atoms with Crippen molar-refractivity contribution >= 4 is 35.6 Å². The van der Waals surface area contributed by atoms with Crippen molar-refractivity contribution < 1.29 is 17.9 Å². The zero-order valence-electron chi connectivity index (χ0n) is 12.8. The summed E-state index contributed by atoms with van der Waals surface area (Å²) in [6.07, 6.45) is -4.37. The summed E-state index contributed by atoms with van der Waals surface area (Å²) in [6, 6.07) is 12.0. The van der Waals surface area contributed by atoms with E-state index in [1.165, 1.54) is 6.07 Å². The molecule has 0 unspecified atom stereocenters. The second kappa shape index (κ2) is 8.76. The van der Waals surface area contributed by atoms with Gasteiger partial charge in [-0.15, -0.1) is 24.0 Å². The maximum absolute atomic E-state index is 12.6. The average molecular weight is 451 g/mol. The lowest BCUT2D eigenvalue weighted by Crippen LogP contribution is -2.22. The number of hydrogen-bond acceptors (Lipinski definition) is 2. The molecule has 0 aromatic heterocycles. The molecule has 4 nitrogen and oxygen atoms in total. The third-order valence-electron chi connectivity index (χ3n) is 3.05. The summed E-state index contributed by atoms with van der Waals surface area (Å²) in [5.74, 6) is 0.822. The standard InChI is InChI=1S/C16H16F3N3O.HI/c1-23-14-7-5-13(6-8-14)22-15(20)21-10-11-3-2-4-12(9-11)16(17,18)19;/h2-9H,10H2,1H3,(H3,20,21,22);1H. The Morgan fingerprint density at radius 3 is 2.42 bits per heavy atom. The highest BCUT2D eigenvalue weighted by atomic mass is 127. The molecular formula is C16H17F3IN3O. The fraction of sp³-hybridized carbons (Fsp3) is 0.188. The minimum absolute atomic E-state index is 0. The van der Waals surface area contributed by atoms with Gasteiger partial charge in [0, 0.05) is 5.69 Å². The first-order chi connectivity index (χ1) is 10.9. The van der Waals surface area contributed by atoms with Crippen LogP contribution in [0.1, 0.15) is 11.1 Å². The Morgan fingerprint density at radius 2 is 1.83 bits per heavy atom. The van der Waals surface area contributed by atoms with Crippen LogP contribution in [0, 0.1) is 0 Å². The van der Waals surface area contributed by atoms with Gasteiger partial charge in [0.05, 0.1) is 19.2 Å². The fourth-order valence-corrected chi connectivity index (χ4v) is 1.88. The highest BCUT2D eigenvalue weighted by Gasteiger charge is 2.30. The van der Waals surface area contributed by atoms with Crippen molar-refractivity contribution in [1.29, 1.82) is 0 Å². The number of rotatable bonds is 4. The molecular weight excluding hydrogens is 434 g/mol. The maximum Gasteiger partial charge on any atom is 0.416 e. The van der Waals surface area contributed by atoms with Crippen LogP contribution in [0.5, 0.6) is 5.75 Å². The van der Waals surface area contributed by atoms with Crippen molar-refractivity contribution in [3.05, 3.63) is 59.7 Å². The van der Waals surface area contributed by atoms with Crippen LogP contribution in [0.25, 0.3) is 0 Å². The Kier molecular flexibility index (Phi) is 7.33. The van der Waals surface area contributed by atoms with Crippen LogP contribution in [-0.4, -0.2) is 13.1 Å². The Bertz CT molecular complexity index is 688.